The normalized spacial score (nSPS) is 13.4. The summed E-state index contributed by atoms with van der Waals surface area (Å²) in [5.41, 5.74) is 5.33. The van der Waals surface area contributed by atoms with Crippen molar-refractivity contribution in [2.45, 2.75) is 13.8 Å². The molecule has 0 amide bonds. The van der Waals surface area contributed by atoms with Gasteiger partial charge in [0.15, 0.2) is 0 Å². The van der Waals surface area contributed by atoms with E-state index in [0.717, 1.165) is 28.0 Å². The van der Waals surface area contributed by atoms with Gasteiger partial charge in [0.1, 0.15) is 0 Å². The number of nitrogens with zero attached hydrogens (tertiary/aromatic N) is 2. The van der Waals surface area contributed by atoms with Gasteiger partial charge in [-0.05, 0) is 36.6 Å². The van der Waals surface area contributed by atoms with Gasteiger partial charge in [0.2, 0.25) is 0 Å². The lowest BCUT2D eigenvalue weighted by molar-refractivity contribution is 1.43. The van der Waals surface area contributed by atoms with Crippen LogP contribution in [-0.4, -0.2) is 26.0 Å². The number of allylic oxidation sites excluding steroid dienone is 5. The molecule has 0 unspecified atom stereocenters. The number of hydrogen-bond acceptors (Lipinski definition) is 2. The first-order valence-electron chi connectivity index (χ1n) is 6.62. The smallest absolute Gasteiger partial charge is 0.0643 e. The molecule has 2 heteroatoms. The van der Waals surface area contributed by atoms with E-state index in [1.807, 2.05) is 32.2 Å². The molecule has 0 heterocycles. The van der Waals surface area contributed by atoms with Gasteiger partial charge in [-0.3, -0.25) is 9.98 Å². The number of hydrogen-bond donors (Lipinski definition) is 0. The van der Waals surface area contributed by atoms with Crippen molar-refractivity contribution in [3.8, 4) is 0 Å². The maximum atomic E-state index is 4.31. The van der Waals surface area contributed by atoms with Crippen LogP contribution in [0.4, 0.5) is 0 Å². The average molecular weight is 266 g/mol. The van der Waals surface area contributed by atoms with Crippen LogP contribution < -0.4 is 0 Å². The summed E-state index contributed by atoms with van der Waals surface area (Å²) in [5.74, 6) is 0. The standard InChI is InChI=1S/C18H22N2/c1-6-15(13-19-4)16-8-10-17(11-9-16)18(20-5)12-7-14(2)3/h6-13H,2H2,1,3-5H3/b12-7+,15-6+,19-13?,20-18?. The zero-order chi connectivity index (χ0) is 15.0. The van der Waals surface area contributed by atoms with Gasteiger partial charge in [-0.1, -0.05) is 48.6 Å². The number of benzene rings is 1. The molecule has 0 saturated carbocycles. The highest BCUT2D eigenvalue weighted by Crippen LogP contribution is 2.14. The SMILES string of the molecule is C=C(C)/C=C/C(=NC)c1ccc(/C(C=NC)=C/C)cc1. The highest BCUT2D eigenvalue weighted by atomic mass is 14.7. The molecule has 2 nitrogen and oxygen atoms in total. The molecule has 104 valence electrons. The maximum Gasteiger partial charge on any atom is 0.0643 e. The minimum atomic E-state index is 0.950. The van der Waals surface area contributed by atoms with Gasteiger partial charge in [0.05, 0.1) is 5.71 Å². The minimum Gasteiger partial charge on any atom is -0.296 e. The summed E-state index contributed by atoms with van der Waals surface area (Å²) in [7, 11) is 3.58. The van der Waals surface area contributed by atoms with Crippen LogP contribution >= 0.6 is 0 Å². The van der Waals surface area contributed by atoms with Crippen LogP contribution in [0.3, 0.4) is 0 Å². The Morgan fingerprint density at radius 1 is 1.05 bits per heavy atom. The minimum absolute atomic E-state index is 0.950. The molecule has 1 aromatic rings. The van der Waals surface area contributed by atoms with E-state index >= 15 is 0 Å². The molecule has 20 heavy (non-hydrogen) atoms. The first-order valence-corrected chi connectivity index (χ1v) is 6.62. The Balaban J connectivity index is 3.04. The van der Waals surface area contributed by atoms with Gasteiger partial charge < -0.3 is 0 Å². The van der Waals surface area contributed by atoms with Gasteiger partial charge in [0.25, 0.3) is 0 Å². The lowest BCUT2D eigenvalue weighted by Gasteiger charge is -2.05. The third-order valence-electron chi connectivity index (χ3n) is 2.86. The Morgan fingerprint density at radius 2 is 1.65 bits per heavy atom. The summed E-state index contributed by atoms with van der Waals surface area (Å²) in [6.07, 6.45) is 7.88. The largest absolute Gasteiger partial charge is 0.296 e. The van der Waals surface area contributed by atoms with E-state index in [1.54, 1.807) is 14.1 Å². The first kappa shape index (κ1) is 15.8. The van der Waals surface area contributed by atoms with Gasteiger partial charge in [-0.25, -0.2) is 0 Å². The second kappa shape index (κ2) is 8.05. The van der Waals surface area contributed by atoms with Gasteiger partial charge in [-0.15, -0.1) is 0 Å². The van der Waals surface area contributed by atoms with Crippen LogP contribution in [0.1, 0.15) is 25.0 Å². The molecular formula is C18H22N2. The summed E-state index contributed by atoms with van der Waals surface area (Å²) >= 11 is 0. The van der Waals surface area contributed by atoms with E-state index in [-0.39, 0.29) is 0 Å². The van der Waals surface area contributed by atoms with Crippen LogP contribution in [0.2, 0.25) is 0 Å². The molecule has 0 bridgehead atoms. The molecule has 1 aromatic carbocycles. The molecule has 0 saturated heterocycles. The van der Waals surface area contributed by atoms with Crippen molar-refractivity contribution in [2.75, 3.05) is 14.1 Å². The molecule has 0 atom stereocenters. The predicted molar refractivity (Wildman–Crippen MR) is 90.9 cm³/mol. The Kier molecular flexibility index (Phi) is 6.38. The fourth-order valence-corrected chi connectivity index (χ4v) is 1.81. The monoisotopic (exact) mass is 266 g/mol. The van der Waals surface area contributed by atoms with Crippen molar-refractivity contribution in [1.82, 2.24) is 0 Å². The van der Waals surface area contributed by atoms with Crippen LogP contribution in [0, 0.1) is 0 Å². The maximum absolute atomic E-state index is 4.31. The number of rotatable bonds is 5. The zero-order valence-corrected chi connectivity index (χ0v) is 12.7. The van der Waals surface area contributed by atoms with Crippen molar-refractivity contribution in [1.29, 1.82) is 0 Å². The van der Waals surface area contributed by atoms with Gasteiger partial charge >= 0.3 is 0 Å². The van der Waals surface area contributed by atoms with Crippen molar-refractivity contribution in [2.24, 2.45) is 9.98 Å². The summed E-state index contributed by atoms with van der Waals surface area (Å²) in [5, 5.41) is 0. The van der Waals surface area contributed by atoms with E-state index in [4.69, 9.17) is 0 Å². The summed E-state index contributed by atoms with van der Waals surface area (Å²) in [6, 6.07) is 8.33. The van der Waals surface area contributed by atoms with E-state index in [2.05, 4.69) is 46.9 Å². The second-order valence-corrected chi connectivity index (χ2v) is 4.50. The zero-order valence-electron chi connectivity index (χ0n) is 12.7. The Bertz CT molecular complexity index is 570. The van der Waals surface area contributed by atoms with E-state index in [0.29, 0.717) is 0 Å². The lowest BCUT2D eigenvalue weighted by atomic mass is 10.0. The molecule has 1 rings (SSSR count). The van der Waals surface area contributed by atoms with Crippen LogP contribution in [0.5, 0.6) is 0 Å². The highest BCUT2D eigenvalue weighted by molar-refractivity contribution is 6.11. The van der Waals surface area contributed by atoms with E-state index in [9.17, 15) is 0 Å². The third kappa shape index (κ3) is 4.47. The van der Waals surface area contributed by atoms with Crippen LogP contribution in [0.25, 0.3) is 5.57 Å². The van der Waals surface area contributed by atoms with Gasteiger partial charge in [0, 0.05) is 20.3 Å². The topological polar surface area (TPSA) is 24.7 Å². The first-order chi connectivity index (χ1) is 9.62. The third-order valence-corrected chi connectivity index (χ3v) is 2.86. The quantitative estimate of drug-likeness (QED) is 0.559. The number of aliphatic imine (C=N–C) groups is 2. The van der Waals surface area contributed by atoms with Crippen molar-refractivity contribution < 1.29 is 0 Å². The van der Waals surface area contributed by atoms with E-state index in [1.165, 1.54) is 0 Å². The van der Waals surface area contributed by atoms with E-state index < -0.39 is 0 Å². The second-order valence-electron chi connectivity index (χ2n) is 4.50. The Morgan fingerprint density at radius 3 is 2.10 bits per heavy atom. The Hall–Kier alpha value is -2.22. The average Bonchev–Trinajstić information content (AvgIpc) is 2.46. The molecule has 0 aliphatic rings. The summed E-state index contributed by atoms with van der Waals surface area (Å²) < 4.78 is 0. The fraction of sp³-hybridized carbons (Fsp3) is 0.222. The van der Waals surface area contributed by atoms with Crippen molar-refractivity contribution >= 4 is 17.5 Å². The summed E-state index contributed by atoms with van der Waals surface area (Å²) in [6.45, 7) is 7.84. The molecule has 0 aliphatic carbocycles. The molecule has 0 aliphatic heterocycles. The fourth-order valence-electron chi connectivity index (χ4n) is 1.81. The molecule has 0 radical (unpaired) electrons. The predicted octanol–water partition coefficient (Wildman–Crippen LogP) is 4.34. The lowest BCUT2D eigenvalue weighted by Crippen LogP contribution is -1.97. The molecule has 0 fully saturated rings. The molecule has 0 spiro atoms. The Labute approximate surface area is 122 Å². The molecule has 0 N–H and O–H groups in total. The summed E-state index contributed by atoms with van der Waals surface area (Å²) in [4.78, 5) is 8.38. The van der Waals surface area contributed by atoms with Crippen LogP contribution in [-0.2, 0) is 0 Å². The molecule has 0 aromatic heterocycles. The van der Waals surface area contributed by atoms with Gasteiger partial charge in [-0.2, -0.15) is 0 Å². The molecular weight excluding hydrogens is 244 g/mol. The highest BCUT2D eigenvalue weighted by Gasteiger charge is 2.01. The van der Waals surface area contributed by atoms with Crippen molar-refractivity contribution in [3.63, 3.8) is 0 Å². The van der Waals surface area contributed by atoms with Crippen molar-refractivity contribution in [3.05, 3.63) is 65.8 Å². The van der Waals surface area contributed by atoms with Crippen LogP contribution in [0.15, 0.2) is 64.6 Å².